The van der Waals surface area contributed by atoms with Crippen molar-refractivity contribution in [2.45, 2.75) is 39.3 Å². The Labute approximate surface area is 205 Å². The maximum atomic E-state index is 13.6. The minimum atomic E-state index is -0.182. The van der Waals surface area contributed by atoms with Gasteiger partial charge in [-0.25, -0.2) is 0 Å². The molecule has 0 fully saturated rings. The fourth-order valence-corrected chi connectivity index (χ4v) is 5.47. The first-order valence-corrected chi connectivity index (χ1v) is 12.2. The molecule has 0 bridgehead atoms. The van der Waals surface area contributed by atoms with Crippen LogP contribution in [-0.4, -0.2) is 10.8 Å². The number of ether oxygens (including phenoxy) is 1. The number of ketones is 1. The third-order valence-corrected chi connectivity index (χ3v) is 7.06. The average molecular weight is 461 g/mol. The maximum absolute atomic E-state index is 13.6. The third-order valence-electron chi connectivity index (χ3n) is 7.06. The number of nitrogens with zero attached hydrogens (tertiary/aromatic N) is 1. The summed E-state index contributed by atoms with van der Waals surface area (Å²) in [6.45, 7) is 4.90. The number of nitrogens with one attached hydrogen (secondary N) is 1. The quantitative estimate of drug-likeness (QED) is 0.352. The predicted molar refractivity (Wildman–Crippen MR) is 140 cm³/mol. The van der Waals surface area contributed by atoms with Crippen LogP contribution >= 0.6 is 0 Å². The van der Waals surface area contributed by atoms with Crippen molar-refractivity contribution in [1.29, 1.82) is 0 Å². The SMILES string of the molecule is CC1(C)CC(=O)C2=C(C1)c1c(ccc3ncccc13)NC2c1ccc(OCc2ccccc2)cc1. The highest BCUT2D eigenvalue weighted by Gasteiger charge is 2.40. The summed E-state index contributed by atoms with van der Waals surface area (Å²) in [5.41, 5.74) is 7.32. The van der Waals surface area contributed by atoms with Crippen molar-refractivity contribution in [3.05, 3.63) is 107 Å². The van der Waals surface area contributed by atoms with Gasteiger partial charge in [-0.05, 0) is 58.9 Å². The second kappa shape index (κ2) is 8.38. The van der Waals surface area contributed by atoms with Crippen LogP contribution in [-0.2, 0) is 11.4 Å². The molecule has 3 aromatic carbocycles. The largest absolute Gasteiger partial charge is 0.489 e. The topological polar surface area (TPSA) is 51.2 Å². The van der Waals surface area contributed by atoms with E-state index in [0.717, 1.165) is 56.6 Å². The Hall–Kier alpha value is -3.92. The Bertz CT molecular complexity index is 1450. The summed E-state index contributed by atoms with van der Waals surface area (Å²) in [4.78, 5) is 18.1. The first-order valence-electron chi connectivity index (χ1n) is 12.2. The van der Waals surface area contributed by atoms with Gasteiger partial charge in [-0.3, -0.25) is 9.78 Å². The molecule has 4 aromatic rings. The molecule has 1 aromatic heterocycles. The third kappa shape index (κ3) is 3.99. The monoisotopic (exact) mass is 460 g/mol. The Morgan fingerprint density at radius 2 is 1.74 bits per heavy atom. The molecule has 0 amide bonds. The van der Waals surface area contributed by atoms with Crippen molar-refractivity contribution in [3.8, 4) is 5.75 Å². The number of anilines is 1. The molecule has 1 atom stereocenters. The Morgan fingerprint density at radius 3 is 2.54 bits per heavy atom. The zero-order valence-electron chi connectivity index (χ0n) is 20.0. The second-order valence-electron chi connectivity index (χ2n) is 10.3. The molecule has 0 radical (unpaired) electrons. The number of carbonyl (C=O) groups excluding carboxylic acids is 1. The fraction of sp³-hybridized carbons (Fsp3) is 0.226. The summed E-state index contributed by atoms with van der Waals surface area (Å²) in [6.07, 6.45) is 3.24. The van der Waals surface area contributed by atoms with E-state index in [1.165, 1.54) is 0 Å². The van der Waals surface area contributed by atoms with Crippen molar-refractivity contribution >= 4 is 27.9 Å². The van der Waals surface area contributed by atoms with Crippen molar-refractivity contribution in [3.63, 3.8) is 0 Å². The van der Waals surface area contributed by atoms with Gasteiger partial charge >= 0.3 is 0 Å². The molecule has 1 aliphatic heterocycles. The van der Waals surface area contributed by atoms with E-state index in [2.05, 4.69) is 66.6 Å². The molecule has 0 saturated carbocycles. The van der Waals surface area contributed by atoms with Crippen LogP contribution < -0.4 is 10.1 Å². The van der Waals surface area contributed by atoms with Gasteiger partial charge in [-0.15, -0.1) is 0 Å². The van der Waals surface area contributed by atoms with Gasteiger partial charge in [0.1, 0.15) is 12.4 Å². The van der Waals surface area contributed by atoms with Crippen molar-refractivity contribution in [1.82, 2.24) is 4.98 Å². The molecule has 6 rings (SSSR count). The summed E-state index contributed by atoms with van der Waals surface area (Å²) in [5.74, 6) is 1.04. The fourth-order valence-electron chi connectivity index (χ4n) is 5.47. The van der Waals surface area contributed by atoms with Crippen LogP contribution in [0.4, 0.5) is 5.69 Å². The van der Waals surface area contributed by atoms with Crippen LogP contribution in [0.5, 0.6) is 5.75 Å². The number of aromatic nitrogens is 1. The number of Topliss-reactive ketones (excluding diaryl/α,β-unsaturated/α-hetero) is 1. The lowest BCUT2D eigenvalue weighted by Gasteiger charge is -2.40. The van der Waals surface area contributed by atoms with E-state index in [-0.39, 0.29) is 17.2 Å². The summed E-state index contributed by atoms with van der Waals surface area (Å²) < 4.78 is 5.99. The van der Waals surface area contributed by atoms with Crippen molar-refractivity contribution in [2.24, 2.45) is 5.41 Å². The predicted octanol–water partition coefficient (Wildman–Crippen LogP) is 7.12. The number of hydrogen-bond acceptors (Lipinski definition) is 4. The number of pyridine rings is 1. The molecule has 35 heavy (non-hydrogen) atoms. The highest BCUT2D eigenvalue weighted by molar-refractivity contribution is 6.12. The molecule has 1 N–H and O–H groups in total. The van der Waals surface area contributed by atoms with E-state index < -0.39 is 0 Å². The second-order valence-corrected chi connectivity index (χ2v) is 10.3. The lowest BCUT2D eigenvalue weighted by Crippen LogP contribution is -2.33. The molecule has 2 aliphatic rings. The number of hydrogen-bond donors (Lipinski definition) is 1. The summed E-state index contributed by atoms with van der Waals surface area (Å²) in [7, 11) is 0. The molecule has 4 nitrogen and oxygen atoms in total. The number of allylic oxidation sites excluding steroid dienone is 1. The number of carbonyl (C=O) groups is 1. The molecule has 0 spiro atoms. The van der Waals surface area contributed by atoms with Gasteiger partial charge in [0.25, 0.3) is 0 Å². The van der Waals surface area contributed by atoms with Gasteiger partial charge in [-0.2, -0.15) is 0 Å². The zero-order chi connectivity index (χ0) is 24.0. The van der Waals surface area contributed by atoms with Crippen LogP contribution in [0.2, 0.25) is 0 Å². The van der Waals surface area contributed by atoms with Gasteiger partial charge in [0, 0.05) is 34.8 Å². The van der Waals surface area contributed by atoms with Gasteiger partial charge in [-0.1, -0.05) is 62.4 Å². The smallest absolute Gasteiger partial charge is 0.162 e. The lowest BCUT2D eigenvalue weighted by molar-refractivity contribution is -0.118. The van der Waals surface area contributed by atoms with E-state index in [1.54, 1.807) is 0 Å². The molecule has 1 unspecified atom stereocenters. The van der Waals surface area contributed by atoms with Crippen molar-refractivity contribution in [2.75, 3.05) is 5.32 Å². The Balaban J connectivity index is 1.39. The zero-order valence-corrected chi connectivity index (χ0v) is 20.0. The number of rotatable bonds is 4. The lowest BCUT2D eigenvalue weighted by atomic mass is 9.68. The summed E-state index contributed by atoms with van der Waals surface area (Å²) >= 11 is 0. The normalized spacial score (nSPS) is 18.6. The van der Waals surface area contributed by atoms with Gasteiger partial charge in [0.2, 0.25) is 0 Å². The van der Waals surface area contributed by atoms with E-state index in [9.17, 15) is 4.79 Å². The van der Waals surface area contributed by atoms with Gasteiger partial charge < -0.3 is 10.1 Å². The van der Waals surface area contributed by atoms with E-state index >= 15 is 0 Å². The average Bonchev–Trinajstić information content (AvgIpc) is 2.87. The molecule has 2 heterocycles. The van der Waals surface area contributed by atoms with Crippen LogP contribution in [0.25, 0.3) is 16.5 Å². The minimum Gasteiger partial charge on any atom is -0.489 e. The van der Waals surface area contributed by atoms with Gasteiger partial charge in [0.05, 0.1) is 11.6 Å². The van der Waals surface area contributed by atoms with Gasteiger partial charge in [0.15, 0.2) is 5.78 Å². The first-order chi connectivity index (χ1) is 17.0. The first kappa shape index (κ1) is 21.6. The Morgan fingerprint density at radius 1 is 0.943 bits per heavy atom. The van der Waals surface area contributed by atoms with Crippen LogP contribution in [0.15, 0.2) is 90.6 Å². The van der Waals surface area contributed by atoms with E-state index in [4.69, 9.17) is 4.74 Å². The van der Waals surface area contributed by atoms with E-state index in [0.29, 0.717) is 13.0 Å². The minimum absolute atomic E-state index is 0.0748. The molecule has 1 aliphatic carbocycles. The standard InChI is InChI=1S/C31H28N2O2/c1-31(2)17-24-28-23-9-6-16-32-25(23)14-15-26(28)33-30(29(24)27(34)18-31)21-10-12-22(13-11-21)35-19-20-7-4-3-5-8-20/h3-16,30,33H,17-19H2,1-2H3. The highest BCUT2D eigenvalue weighted by Crippen LogP contribution is 2.51. The van der Waals surface area contributed by atoms with E-state index in [1.807, 2.05) is 42.6 Å². The summed E-state index contributed by atoms with van der Waals surface area (Å²) in [6, 6.07) is 26.3. The van der Waals surface area contributed by atoms with Crippen LogP contribution in [0.1, 0.15) is 49.4 Å². The highest BCUT2D eigenvalue weighted by atomic mass is 16.5. The molecular formula is C31H28N2O2. The summed E-state index contributed by atoms with van der Waals surface area (Å²) in [5, 5.41) is 4.79. The van der Waals surface area contributed by atoms with Crippen molar-refractivity contribution < 1.29 is 9.53 Å². The molecular weight excluding hydrogens is 432 g/mol. The molecule has 174 valence electrons. The maximum Gasteiger partial charge on any atom is 0.162 e. The number of benzene rings is 3. The molecule has 0 saturated heterocycles. The van der Waals surface area contributed by atoms with Crippen LogP contribution in [0.3, 0.4) is 0 Å². The Kier molecular flexibility index (Phi) is 5.18. The van der Waals surface area contributed by atoms with Crippen LogP contribution in [0, 0.1) is 5.41 Å². The molecule has 4 heteroatoms. The number of fused-ring (bicyclic) bond motifs is 4.